The molecule has 1 heterocycles. The first-order valence-corrected chi connectivity index (χ1v) is 4.96. The van der Waals surface area contributed by atoms with E-state index in [4.69, 9.17) is 5.11 Å². The zero-order valence-electron chi connectivity index (χ0n) is 7.34. The fourth-order valence-electron chi connectivity index (χ4n) is 1.15. The number of hydrogen-bond donors (Lipinski definition) is 2. The second-order valence-electron chi connectivity index (χ2n) is 2.84. The van der Waals surface area contributed by atoms with Gasteiger partial charge in [0.1, 0.15) is 10.8 Å². The lowest BCUT2D eigenvalue weighted by molar-refractivity contribution is 0.285. The molecule has 0 amide bonds. The van der Waals surface area contributed by atoms with Crippen LogP contribution in [0.2, 0.25) is 0 Å². The van der Waals surface area contributed by atoms with Crippen LogP contribution in [0.15, 0.2) is 30.5 Å². The molecular formula is C10H9NO2S. The minimum atomic E-state index is 0.0104. The predicted octanol–water partition coefficient (Wildman–Crippen LogP) is 2.01. The Morgan fingerprint density at radius 2 is 2.21 bits per heavy atom. The van der Waals surface area contributed by atoms with E-state index in [1.54, 1.807) is 24.4 Å². The second-order valence-corrected chi connectivity index (χ2v) is 3.96. The number of phenols is 1. The second kappa shape index (κ2) is 3.77. The van der Waals surface area contributed by atoms with Gasteiger partial charge in [-0.3, -0.25) is 0 Å². The third kappa shape index (κ3) is 1.76. The van der Waals surface area contributed by atoms with Gasteiger partial charge in [0.2, 0.25) is 0 Å². The number of rotatable bonds is 2. The van der Waals surface area contributed by atoms with E-state index >= 15 is 0 Å². The standard InChI is InChI=1S/C10H9NO2S/c12-6-9-5-11-10(14-9)7-2-1-3-8(13)4-7/h1-5,12-13H,6H2. The van der Waals surface area contributed by atoms with Crippen molar-refractivity contribution < 1.29 is 10.2 Å². The van der Waals surface area contributed by atoms with E-state index in [1.165, 1.54) is 11.3 Å². The van der Waals surface area contributed by atoms with Crippen molar-refractivity contribution in [2.24, 2.45) is 0 Å². The maximum Gasteiger partial charge on any atom is 0.123 e. The molecule has 1 aromatic carbocycles. The summed E-state index contributed by atoms with van der Waals surface area (Å²) in [5.74, 6) is 0.225. The van der Waals surface area contributed by atoms with Gasteiger partial charge in [-0.1, -0.05) is 12.1 Å². The van der Waals surface area contributed by atoms with Crippen molar-refractivity contribution in [1.29, 1.82) is 0 Å². The van der Waals surface area contributed by atoms with Gasteiger partial charge in [0, 0.05) is 11.8 Å². The van der Waals surface area contributed by atoms with Crippen LogP contribution in [0.4, 0.5) is 0 Å². The Labute approximate surface area is 85.3 Å². The zero-order chi connectivity index (χ0) is 9.97. The largest absolute Gasteiger partial charge is 0.508 e. The Kier molecular flexibility index (Phi) is 2.47. The average Bonchev–Trinajstić information content (AvgIpc) is 2.66. The van der Waals surface area contributed by atoms with Crippen molar-refractivity contribution in [3.05, 3.63) is 35.3 Å². The lowest BCUT2D eigenvalue weighted by Gasteiger charge is -1.95. The Morgan fingerprint density at radius 3 is 2.86 bits per heavy atom. The highest BCUT2D eigenvalue weighted by molar-refractivity contribution is 7.15. The van der Waals surface area contributed by atoms with Crippen LogP contribution in [-0.4, -0.2) is 15.2 Å². The number of nitrogens with zero attached hydrogens (tertiary/aromatic N) is 1. The molecule has 0 saturated carbocycles. The lowest BCUT2D eigenvalue weighted by atomic mass is 10.2. The van der Waals surface area contributed by atoms with Crippen LogP contribution in [0.25, 0.3) is 10.6 Å². The van der Waals surface area contributed by atoms with Crippen LogP contribution in [-0.2, 0) is 6.61 Å². The first-order valence-electron chi connectivity index (χ1n) is 4.14. The van der Waals surface area contributed by atoms with E-state index in [0.29, 0.717) is 0 Å². The van der Waals surface area contributed by atoms with Gasteiger partial charge in [0.15, 0.2) is 0 Å². The van der Waals surface area contributed by atoms with Crippen LogP contribution in [0.5, 0.6) is 5.75 Å². The predicted molar refractivity (Wildman–Crippen MR) is 55.1 cm³/mol. The van der Waals surface area contributed by atoms with Crippen molar-refractivity contribution >= 4 is 11.3 Å². The Hall–Kier alpha value is -1.39. The monoisotopic (exact) mass is 207 g/mol. The quantitative estimate of drug-likeness (QED) is 0.792. The van der Waals surface area contributed by atoms with E-state index in [0.717, 1.165) is 15.4 Å². The molecule has 72 valence electrons. The molecular weight excluding hydrogens is 198 g/mol. The summed E-state index contributed by atoms with van der Waals surface area (Å²) in [6.07, 6.45) is 1.64. The Bertz CT molecular complexity index is 439. The maximum absolute atomic E-state index is 9.27. The Morgan fingerprint density at radius 1 is 1.36 bits per heavy atom. The number of thiazole rings is 1. The van der Waals surface area contributed by atoms with E-state index < -0.39 is 0 Å². The molecule has 2 N–H and O–H groups in total. The van der Waals surface area contributed by atoms with Gasteiger partial charge < -0.3 is 10.2 Å². The number of aromatic hydroxyl groups is 1. The fourth-order valence-corrected chi connectivity index (χ4v) is 1.92. The molecule has 0 aliphatic rings. The highest BCUT2D eigenvalue weighted by Gasteiger charge is 2.04. The molecule has 0 aliphatic carbocycles. The van der Waals surface area contributed by atoms with Gasteiger partial charge in [-0.05, 0) is 12.1 Å². The van der Waals surface area contributed by atoms with E-state index in [-0.39, 0.29) is 12.4 Å². The van der Waals surface area contributed by atoms with E-state index in [9.17, 15) is 5.11 Å². The van der Waals surface area contributed by atoms with E-state index in [1.807, 2.05) is 6.07 Å². The molecule has 2 aromatic rings. The van der Waals surface area contributed by atoms with Crippen molar-refractivity contribution in [3.8, 4) is 16.3 Å². The van der Waals surface area contributed by atoms with Gasteiger partial charge >= 0.3 is 0 Å². The highest BCUT2D eigenvalue weighted by Crippen LogP contribution is 2.27. The smallest absolute Gasteiger partial charge is 0.123 e. The van der Waals surface area contributed by atoms with Gasteiger partial charge in [0.25, 0.3) is 0 Å². The van der Waals surface area contributed by atoms with Gasteiger partial charge in [-0.25, -0.2) is 4.98 Å². The lowest BCUT2D eigenvalue weighted by Crippen LogP contribution is -1.73. The molecule has 0 atom stereocenters. The molecule has 0 aliphatic heterocycles. The normalized spacial score (nSPS) is 10.4. The minimum Gasteiger partial charge on any atom is -0.508 e. The number of aromatic nitrogens is 1. The number of phenolic OH excluding ortho intramolecular Hbond substituents is 1. The van der Waals surface area contributed by atoms with Crippen LogP contribution in [0, 0.1) is 0 Å². The summed E-state index contributed by atoms with van der Waals surface area (Å²) >= 11 is 1.42. The number of aliphatic hydroxyl groups is 1. The van der Waals surface area contributed by atoms with Crippen LogP contribution in [0.3, 0.4) is 0 Å². The van der Waals surface area contributed by atoms with Crippen molar-refractivity contribution in [2.75, 3.05) is 0 Å². The topological polar surface area (TPSA) is 53.4 Å². The van der Waals surface area contributed by atoms with Crippen LogP contribution in [0.1, 0.15) is 4.88 Å². The first-order chi connectivity index (χ1) is 6.79. The van der Waals surface area contributed by atoms with Gasteiger partial charge in [0.05, 0.1) is 11.5 Å². The van der Waals surface area contributed by atoms with Crippen molar-refractivity contribution in [2.45, 2.75) is 6.61 Å². The number of benzene rings is 1. The molecule has 4 heteroatoms. The summed E-state index contributed by atoms with van der Waals surface area (Å²) in [5, 5.41) is 18.9. The summed E-state index contributed by atoms with van der Waals surface area (Å²) < 4.78 is 0. The molecule has 0 saturated heterocycles. The maximum atomic E-state index is 9.27. The molecule has 14 heavy (non-hydrogen) atoms. The minimum absolute atomic E-state index is 0.0104. The molecule has 0 radical (unpaired) electrons. The zero-order valence-corrected chi connectivity index (χ0v) is 8.16. The van der Waals surface area contributed by atoms with Crippen LogP contribution < -0.4 is 0 Å². The van der Waals surface area contributed by atoms with E-state index in [2.05, 4.69) is 4.98 Å². The SMILES string of the molecule is OCc1cnc(-c2cccc(O)c2)s1. The molecule has 3 nitrogen and oxygen atoms in total. The van der Waals surface area contributed by atoms with Gasteiger partial charge in [-0.2, -0.15) is 0 Å². The molecule has 0 spiro atoms. The van der Waals surface area contributed by atoms with Crippen molar-refractivity contribution in [1.82, 2.24) is 4.98 Å². The van der Waals surface area contributed by atoms with Gasteiger partial charge in [-0.15, -0.1) is 11.3 Å². The number of aliphatic hydroxyl groups excluding tert-OH is 1. The molecule has 0 bridgehead atoms. The summed E-state index contributed by atoms with van der Waals surface area (Å²) in [6.45, 7) is 0.0104. The fraction of sp³-hybridized carbons (Fsp3) is 0.100. The number of hydrogen-bond acceptors (Lipinski definition) is 4. The summed E-state index contributed by atoms with van der Waals surface area (Å²) in [4.78, 5) is 4.97. The summed E-state index contributed by atoms with van der Waals surface area (Å²) in [7, 11) is 0. The average molecular weight is 207 g/mol. The summed E-state index contributed by atoms with van der Waals surface area (Å²) in [5.41, 5.74) is 0.870. The molecule has 1 aromatic heterocycles. The first kappa shape index (κ1) is 9.18. The molecule has 0 fully saturated rings. The van der Waals surface area contributed by atoms with Crippen molar-refractivity contribution in [3.63, 3.8) is 0 Å². The third-order valence-electron chi connectivity index (χ3n) is 1.80. The highest BCUT2D eigenvalue weighted by atomic mass is 32.1. The summed E-state index contributed by atoms with van der Waals surface area (Å²) in [6, 6.07) is 6.91. The third-order valence-corrected chi connectivity index (χ3v) is 2.83. The Balaban J connectivity index is 2.39. The molecule has 0 unspecified atom stereocenters. The molecule has 2 rings (SSSR count). The van der Waals surface area contributed by atoms with Crippen LogP contribution >= 0.6 is 11.3 Å².